The molecule has 0 radical (unpaired) electrons. The third kappa shape index (κ3) is 9.07. The zero-order valence-electron chi connectivity index (χ0n) is 18.1. The van der Waals surface area contributed by atoms with Gasteiger partial charge in [-0.3, -0.25) is 4.79 Å². The Morgan fingerprint density at radius 1 is 0.929 bits per heavy atom. The van der Waals surface area contributed by atoms with Crippen molar-refractivity contribution in [3.8, 4) is 0 Å². The van der Waals surface area contributed by atoms with Crippen LogP contribution in [0.25, 0.3) is 0 Å². The lowest BCUT2D eigenvalue weighted by atomic mass is 9.98. The highest BCUT2D eigenvalue weighted by atomic mass is 16.4. The third-order valence-electron chi connectivity index (χ3n) is 5.74. The fourth-order valence-electron chi connectivity index (χ4n) is 3.81. The summed E-state index contributed by atoms with van der Waals surface area (Å²) in [5.74, 6) is -0.869. The van der Waals surface area contributed by atoms with E-state index in [1.165, 1.54) is 38.5 Å². The van der Waals surface area contributed by atoms with Crippen LogP contribution in [-0.4, -0.2) is 34.0 Å². The molecule has 0 saturated carbocycles. The summed E-state index contributed by atoms with van der Waals surface area (Å²) in [5, 5.41) is 9.39. The van der Waals surface area contributed by atoms with Crippen molar-refractivity contribution >= 4 is 11.9 Å². The van der Waals surface area contributed by atoms with Crippen LogP contribution in [0.5, 0.6) is 0 Å². The van der Waals surface area contributed by atoms with Gasteiger partial charge in [-0.25, -0.2) is 4.79 Å². The van der Waals surface area contributed by atoms with Crippen molar-refractivity contribution in [2.45, 2.75) is 109 Å². The molecular formula is C24H41NO3. The van der Waals surface area contributed by atoms with Crippen molar-refractivity contribution in [2.75, 3.05) is 6.54 Å². The number of carboxylic acid groups (broad SMARTS) is 1. The summed E-state index contributed by atoms with van der Waals surface area (Å²) in [5.41, 5.74) is -0.992. The number of rotatable bonds is 15. The summed E-state index contributed by atoms with van der Waals surface area (Å²) in [6.45, 7) is 4.50. The zero-order chi connectivity index (χ0) is 20.7. The van der Waals surface area contributed by atoms with Crippen molar-refractivity contribution < 1.29 is 14.7 Å². The molecular weight excluding hydrogens is 350 g/mol. The summed E-state index contributed by atoms with van der Waals surface area (Å²) in [4.78, 5) is 25.4. The standard InChI is InChI=1S/C24H41NO3/c1-3-4-5-6-7-8-9-10-11-12-13-14-15-16-17-19-22(26)25-21-18-20-24(25,2)23(27)28/h7-8,10-11H,3-6,9,12-21H2,1-2H3,(H,27,28)/b8-7-,11-10-/t24-/m0/s1. The van der Waals surface area contributed by atoms with Crippen molar-refractivity contribution in [1.29, 1.82) is 0 Å². The third-order valence-corrected chi connectivity index (χ3v) is 5.74. The Balaban J connectivity index is 2.00. The molecule has 4 nitrogen and oxygen atoms in total. The molecule has 1 aliphatic rings. The Kier molecular flexibility index (Phi) is 12.6. The first-order valence-electron chi connectivity index (χ1n) is 11.4. The predicted octanol–water partition coefficient (Wildman–Crippen LogP) is 6.27. The number of hydrogen-bond donors (Lipinski definition) is 1. The van der Waals surface area contributed by atoms with Gasteiger partial charge in [0, 0.05) is 13.0 Å². The number of carboxylic acids is 1. The number of carbonyl (C=O) groups is 2. The first kappa shape index (κ1) is 24.5. The van der Waals surface area contributed by atoms with E-state index in [0.717, 1.165) is 38.5 Å². The molecule has 1 heterocycles. The molecule has 28 heavy (non-hydrogen) atoms. The Bertz CT molecular complexity index is 512. The van der Waals surface area contributed by atoms with Gasteiger partial charge in [0.2, 0.25) is 5.91 Å². The van der Waals surface area contributed by atoms with Gasteiger partial charge in [0.15, 0.2) is 0 Å². The number of amides is 1. The maximum absolute atomic E-state index is 12.3. The average molecular weight is 392 g/mol. The van der Waals surface area contributed by atoms with Crippen LogP contribution in [-0.2, 0) is 9.59 Å². The smallest absolute Gasteiger partial charge is 0.329 e. The van der Waals surface area contributed by atoms with E-state index in [4.69, 9.17) is 0 Å². The van der Waals surface area contributed by atoms with E-state index in [1.54, 1.807) is 11.8 Å². The number of carbonyl (C=O) groups excluding carboxylic acids is 1. The van der Waals surface area contributed by atoms with Gasteiger partial charge in [0.05, 0.1) is 0 Å². The van der Waals surface area contributed by atoms with Crippen LogP contribution < -0.4 is 0 Å². The number of aliphatic carboxylic acids is 1. The summed E-state index contributed by atoms with van der Waals surface area (Å²) < 4.78 is 0. The molecule has 1 aliphatic heterocycles. The maximum atomic E-state index is 12.3. The minimum Gasteiger partial charge on any atom is -0.480 e. The fourth-order valence-corrected chi connectivity index (χ4v) is 3.81. The van der Waals surface area contributed by atoms with Crippen LogP contribution in [0.3, 0.4) is 0 Å². The molecule has 1 fully saturated rings. The number of nitrogens with zero attached hydrogens (tertiary/aromatic N) is 1. The lowest BCUT2D eigenvalue weighted by Gasteiger charge is -2.31. The van der Waals surface area contributed by atoms with Gasteiger partial charge in [-0.2, -0.15) is 0 Å². The lowest BCUT2D eigenvalue weighted by Crippen LogP contribution is -2.50. The molecule has 0 aromatic carbocycles. The van der Waals surface area contributed by atoms with Crippen LogP contribution in [0.1, 0.15) is 104 Å². The largest absolute Gasteiger partial charge is 0.480 e. The topological polar surface area (TPSA) is 57.6 Å². The SMILES string of the molecule is CCCCC/C=C\C/C=C\CCCCCCCC(=O)N1CCC[C@@]1(C)C(=O)O. The summed E-state index contributed by atoms with van der Waals surface area (Å²) in [6, 6.07) is 0. The van der Waals surface area contributed by atoms with Gasteiger partial charge in [0.1, 0.15) is 5.54 Å². The molecule has 0 aromatic heterocycles. The van der Waals surface area contributed by atoms with Gasteiger partial charge in [0.25, 0.3) is 0 Å². The van der Waals surface area contributed by atoms with Crippen LogP contribution in [0.4, 0.5) is 0 Å². The average Bonchev–Trinajstić information content (AvgIpc) is 3.08. The van der Waals surface area contributed by atoms with E-state index in [2.05, 4.69) is 31.2 Å². The highest BCUT2D eigenvalue weighted by Gasteiger charge is 2.45. The number of unbranched alkanes of at least 4 members (excludes halogenated alkanes) is 8. The first-order valence-corrected chi connectivity index (χ1v) is 11.4. The van der Waals surface area contributed by atoms with E-state index in [1.807, 2.05) is 0 Å². The summed E-state index contributed by atoms with van der Waals surface area (Å²) in [6.07, 6.45) is 23.7. The molecule has 0 unspecified atom stereocenters. The second kappa shape index (κ2) is 14.4. The highest BCUT2D eigenvalue weighted by molar-refractivity contribution is 5.87. The molecule has 160 valence electrons. The minimum atomic E-state index is -0.992. The molecule has 4 heteroatoms. The molecule has 1 amide bonds. The summed E-state index contributed by atoms with van der Waals surface area (Å²) >= 11 is 0. The Labute approximate surface area is 172 Å². The molecule has 0 bridgehead atoms. The van der Waals surface area contributed by atoms with Crippen LogP contribution >= 0.6 is 0 Å². The predicted molar refractivity (Wildman–Crippen MR) is 116 cm³/mol. The second-order valence-electron chi connectivity index (χ2n) is 8.21. The summed E-state index contributed by atoms with van der Waals surface area (Å²) in [7, 11) is 0. The van der Waals surface area contributed by atoms with Crippen LogP contribution in [0.2, 0.25) is 0 Å². The molecule has 0 aliphatic carbocycles. The number of hydrogen-bond acceptors (Lipinski definition) is 2. The van der Waals surface area contributed by atoms with E-state index >= 15 is 0 Å². The van der Waals surface area contributed by atoms with Gasteiger partial charge in [-0.05, 0) is 58.3 Å². The van der Waals surface area contributed by atoms with E-state index in [0.29, 0.717) is 19.4 Å². The van der Waals surface area contributed by atoms with Crippen LogP contribution in [0.15, 0.2) is 24.3 Å². The maximum Gasteiger partial charge on any atom is 0.329 e. The normalized spacial score (nSPS) is 19.9. The van der Waals surface area contributed by atoms with Crippen LogP contribution in [0, 0.1) is 0 Å². The fraction of sp³-hybridized carbons (Fsp3) is 0.750. The molecule has 1 saturated heterocycles. The van der Waals surface area contributed by atoms with Crippen molar-refractivity contribution in [1.82, 2.24) is 4.90 Å². The zero-order valence-corrected chi connectivity index (χ0v) is 18.1. The lowest BCUT2D eigenvalue weighted by molar-refractivity contribution is -0.155. The number of likely N-dealkylation sites (tertiary alicyclic amines) is 1. The van der Waals surface area contributed by atoms with Gasteiger partial charge in [-0.1, -0.05) is 63.3 Å². The minimum absolute atomic E-state index is 0.00748. The van der Waals surface area contributed by atoms with E-state index in [9.17, 15) is 14.7 Å². The molecule has 0 spiro atoms. The van der Waals surface area contributed by atoms with Gasteiger partial charge >= 0.3 is 5.97 Å². The Hall–Kier alpha value is -1.58. The Morgan fingerprint density at radius 3 is 2.18 bits per heavy atom. The van der Waals surface area contributed by atoms with Crippen molar-refractivity contribution in [2.24, 2.45) is 0 Å². The quantitative estimate of drug-likeness (QED) is 0.264. The van der Waals surface area contributed by atoms with Crippen molar-refractivity contribution in [3.05, 3.63) is 24.3 Å². The van der Waals surface area contributed by atoms with E-state index in [-0.39, 0.29) is 5.91 Å². The van der Waals surface area contributed by atoms with Gasteiger partial charge in [-0.15, -0.1) is 0 Å². The first-order chi connectivity index (χ1) is 13.5. The highest BCUT2D eigenvalue weighted by Crippen LogP contribution is 2.30. The molecule has 0 aromatic rings. The molecule has 1 N–H and O–H groups in total. The second-order valence-corrected chi connectivity index (χ2v) is 8.21. The monoisotopic (exact) mass is 391 g/mol. The molecule has 1 atom stereocenters. The Morgan fingerprint density at radius 2 is 1.54 bits per heavy atom. The number of allylic oxidation sites excluding steroid dienone is 4. The van der Waals surface area contributed by atoms with Gasteiger partial charge < -0.3 is 10.0 Å². The van der Waals surface area contributed by atoms with E-state index < -0.39 is 11.5 Å². The van der Waals surface area contributed by atoms with Crippen molar-refractivity contribution in [3.63, 3.8) is 0 Å². The molecule has 1 rings (SSSR count).